The highest BCUT2D eigenvalue weighted by Gasteiger charge is 2.08. The summed E-state index contributed by atoms with van der Waals surface area (Å²) in [5, 5.41) is 7.90. The summed E-state index contributed by atoms with van der Waals surface area (Å²) in [6.45, 7) is 6.11. The van der Waals surface area contributed by atoms with E-state index in [4.69, 9.17) is 9.47 Å². The van der Waals surface area contributed by atoms with Gasteiger partial charge in [-0.25, -0.2) is 0 Å². The molecule has 126 valence electrons. The lowest BCUT2D eigenvalue weighted by Gasteiger charge is -2.14. The average molecular weight is 317 g/mol. The molecule has 1 atom stereocenters. The van der Waals surface area contributed by atoms with Gasteiger partial charge in [0.05, 0.1) is 19.9 Å². The number of methoxy groups -OCH3 is 2. The van der Waals surface area contributed by atoms with Gasteiger partial charge in [0.1, 0.15) is 0 Å². The quantitative estimate of drug-likeness (QED) is 0.722. The molecule has 5 nitrogen and oxygen atoms in total. The summed E-state index contributed by atoms with van der Waals surface area (Å²) in [7, 11) is 3.31. The Bertz CT molecular complexity index is 610. The lowest BCUT2D eigenvalue weighted by molar-refractivity contribution is 0.354. The first-order valence-corrected chi connectivity index (χ1v) is 8.13. The second kappa shape index (κ2) is 8.58. The average Bonchev–Trinajstić information content (AvgIpc) is 3.06. The molecule has 2 aromatic rings. The molecule has 0 fully saturated rings. The summed E-state index contributed by atoms with van der Waals surface area (Å²) < 4.78 is 12.7. The predicted octanol–water partition coefficient (Wildman–Crippen LogP) is 3.20. The molecule has 1 heterocycles. The van der Waals surface area contributed by atoms with Crippen LogP contribution in [0.2, 0.25) is 0 Å². The van der Waals surface area contributed by atoms with Crippen molar-refractivity contribution in [3.8, 4) is 11.5 Å². The van der Waals surface area contributed by atoms with Gasteiger partial charge < -0.3 is 14.8 Å². The normalized spacial score (nSPS) is 12.2. The van der Waals surface area contributed by atoms with E-state index in [2.05, 4.69) is 41.1 Å². The third kappa shape index (κ3) is 4.48. The smallest absolute Gasteiger partial charge is 0.160 e. The summed E-state index contributed by atoms with van der Waals surface area (Å²) in [5.74, 6) is 1.54. The van der Waals surface area contributed by atoms with E-state index in [-0.39, 0.29) is 0 Å². The van der Waals surface area contributed by atoms with Crippen molar-refractivity contribution in [3.63, 3.8) is 0 Å². The Morgan fingerprint density at radius 1 is 1.17 bits per heavy atom. The molecule has 2 rings (SSSR count). The molecule has 1 aromatic carbocycles. The summed E-state index contributed by atoms with van der Waals surface area (Å²) in [5.41, 5.74) is 2.46. The Balaban J connectivity index is 1.85. The SMILES string of the molecule is CC[C@H](C)n1nccc1CNCCc1ccc(OC)c(OC)c1. The van der Waals surface area contributed by atoms with Crippen molar-refractivity contribution in [2.45, 2.75) is 39.3 Å². The van der Waals surface area contributed by atoms with E-state index in [1.807, 2.05) is 18.3 Å². The first kappa shape index (κ1) is 17.3. The van der Waals surface area contributed by atoms with Gasteiger partial charge in [-0.2, -0.15) is 5.10 Å². The van der Waals surface area contributed by atoms with Crippen molar-refractivity contribution < 1.29 is 9.47 Å². The van der Waals surface area contributed by atoms with Crippen LogP contribution in [0.5, 0.6) is 11.5 Å². The maximum absolute atomic E-state index is 5.34. The van der Waals surface area contributed by atoms with Gasteiger partial charge in [-0.1, -0.05) is 13.0 Å². The van der Waals surface area contributed by atoms with Crippen LogP contribution in [0.3, 0.4) is 0 Å². The van der Waals surface area contributed by atoms with Crippen molar-refractivity contribution in [1.29, 1.82) is 0 Å². The van der Waals surface area contributed by atoms with Crippen LogP contribution in [0.25, 0.3) is 0 Å². The molecule has 0 aliphatic rings. The Hall–Kier alpha value is -2.01. The molecule has 0 saturated carbocycles. The lowest BCUT2D eigenvalue weighted by atomic mass is 10.1. The number of nitrogens with one attached hydrogen (secondary N) is 1. The van der Waals surface area contributed by atoms with Crippen molar-refractivity contribution in [3.05, 3.63) is 41.7 Å². The van der Waals surface area contributed by atoms with Gasteiger partial charge >= 0.3 is 0 Å². The van der Waals surface area contributed by atoms with Crippen LogP contribution < -0.4 is 14.8 Å². The number of hydrogen-bond acceptors (Lipinski definition) is 4. The van der Waals surface area contributed by atoms with Gasteiger partial charge in [0.25, 0.3) is 0 Å². The molecule has 0 unspecified atom stereocenters. The number of ether oxygens (including phenoxy) is 2. The fraction of sp³-hybridized carbons (Fsp3) is 0.500. The minimum absolute atomic E-state index is 0.438. The van der Waals surface area contributed by atoms with Crippen LogP contribution in [0, 0.1) is 0 Å². The Morgan fingerprint density at radius 2 is 1.96 bits per heavy atom. The molecule has 1 aromatic heterocycles. The van der Waals surface area contributed by atoms with E-state index in [0.717, 1.165) is 37.4 Å². The number of hydrogen-bond donors (Lipinski definition) is 1. The van der Waals surface area contributed by atoms with Gasteiger partial charge in [0.2, 0.25) is 0 Å². The highest BCUT2D eigenvalue weighted by Crippen LogP contribution is 2.27. The molecular formula is C18H27N3O2. The van der Waals surface area contributed by atoms with Gasteiger partial charge in [0, 0.05) is 18.8 Å². The summed E-state index contributed by atoms with van der Waals surface area (Å²) >= 11 is 0. The van der Waals surface area contributed by atoms with E-state index in [9.17, 15) is 0 Å². The van der Waals surface area contributed by atoms with Crippen LogP contribution in [0.4, 0.5) is 0 Å². The predicted molar refractivity (Wildman–Crippen MR) is 92.2 cm³/mol. The van der Waals surface area contributed by atoms with Gasteiger partial charge in [0.15, 0.2) is 11.5 Å². The zero-order valence-electron chi connectivity index (χ0n) is 14.5. The van der Waals surface area contributed by atoms with Gasteiger partial charge in [-0.3, -0.25) is 4.68 Å². The number of benzene rings is 1. The maximum atomic E-state index is 5.34. The summed E-state index contributed by atoms with van der Waals surface area (Å²) in [6.07, 6.45) is 3.90. The molecule has 0 saturated heterocycles. The first-order valence-electron chi connectivity index (χ1n) is 8.13. The highest BCUT2D eigenvalue weighted by atomic mass is 16.5. The van der Waals surface area contributed by atoms with Crippen LogP contribution in [0.1, 0.15) is 37.6 Å². The monoisotopic (exact) mass is 317 g/mol. The molecule has 0 spiro atoms. The van der Waals surface area contributed by atoms with E-state index in [0.29, 0.717) is 6.04 Å². The van der Waals surface area contributed by atoms with Gasteiger partial charge in [-0.15, -0.1) is 0 Å². The van der Waals surface area contributed by atoms with Crippen LogP contribution in [0.15, 0.2) is 30.5 Å². The Morgan fingerprint density at radius 3 is 2.65 bits per heavy atom. The largest absolute Gasteiger partial charge is 0.493 e. The third-order valence-electron chi connectivity index (χ3n) is 4.11. The first-order chi connectivity index (χ1) is 11.2. The maximum Gasteiger partial charge on any atom is 0.160 e. The number of rotatable bonds is 9. The molecule has 23 heavy (non-hydrogen) atoms. The number of nitrogens with zero attached hydrogens (tertiary/aromatic N) is 2. The van der Waals surface area contributed by atoms with E-state index in [1.165, 1.54) is 11.3 Å². The topological polar surface area (TPSA) is 48.3 Å². The van der Waals surface area contributed by atoms with Crippen molar-refractivity contribution in [2.75, 3.05) is 20.8 Å². The van der Waals surface area contributed by atoms with Crippen LogP contribution in [-0.2, 0) is 13.0 Å². The molecule has 0 aliphatic heterocycles. The van der Waals surface area contributed by atoms with Crippen molar-refractivity contribution >= 4 is 0 Å². The van der Waals surface area contributed by atoms with Crippen molar-refractivity contribution in [1.82, 2.24) is 15.1 Å². The van der Waals surface area contributed by atoms with Crippen LogP contribution in [-0.4, -0.2) is 30.5 Å². The molecule has 5 heteroatoms. The van der Waals surface area contributed by atoms with E-state index < -0.39 is 0 Å². The van der Waals surface area contributed by atoms with Crippen molar-refractivity contribution in [2.24, 2.45) is 0 Å². The van der Waals surface area contributed by atoms with E-state index in [1.54, 1.807) is 14.2 Å². The summed E-state index contributed by atoms with van der Waals surface area (Å²) in [6, 6.07) is 8.57. The highest BCUT2D eigenvalue weighted by molar-refractivity contribution is 5.42. The fourth-order valence-electron chi connectivity index (χ4n) is 2.54. The fourth-order valence-corrected chi connectivity index (χ4v) is 2.54. The minimum Gasteiger partial charge on any atom is -0.493 e. The molecule has 0 amide bonds. The second-order valence-electron chi connectivity index (χ2n) is 5.64. The minimum atomic E-state index is 0.438. The molecule has 1 N–H and O–H groups in total. The lowest BCUT2D eigenvalue weighted by Crippen LogP contribution is -2.20. The summed E-state index contributed by atoms with van der Waals surface area (Å²) in [4.78, 5) is 0. The number of aromatic nitrogens is 2. The standard InChI is InChI=1S/C18H27N3O2/c1-5-14(2)21-16(9-11-20-21)13-19-10-8-15-6-7-17(22-3)18(12-15)23-4/h6-7,9,11-12,14,19H,5,8,10,13H2,1-4H3/t14-/m0/s1. The zero-order chi connectivity index (χ0) is 16.7. The van der Waals surface area contributed by atoms with Gasteiger partial charge in [-0.05, 0) is 50.1 Å². The second-order valence-corrected chi connectivity index (χ2v) is 5.64. The van der Waals surface area contributed by atoms with Crippen LogP contribution >= 0.6 is 0 Å². The Kier molecular flexibility index (Phi) is 6.47. The Labute approximate surface area is 138 Å². The molecule has 0 aliphatic carbocycles. The molecular weight excluding hydrogens is 290 g/mol. The molecule has 0 radical (unpaired) electrons. The molecule has 0 bridgehead atoms. The van der Waals surface area contributed by atoms with E-state index >= 15 is 0 Å². The zero-order valence-corrected chi connectivity index (χ0v) is 14.5. The third-order valence-corrected chi connectivity index (χ3v) is 4.11.